The summed E-state index contributed by atoms with van der Waals surface area (Å²) in [7, 11) is 0. The molecule has 1 aliphatic heterocycles. The molecule has 0 aliphatic carbocycles. The van der Waals surface area contributed by atoms with Crippen LogP contribution in [0.1, 0.15) is 25.8 Å². The van der Waals surface area contributed by atoms with Crippen LogP contribution in [0.5, 0.6) is 5.75 Å². The lowest BCUT2D eigenvalue weighted by atomic mass is 10.1. The molecule has 2 heterocycles. The average molecular weight is 468 g/mol. The maximum atomic E-state index is 14.6. The van der Waals surface area contributed by atoms with E-state index < -0.39 is 5.82 Å². The zero-order valence-electron chi connectivity index (χ0n) is 17.7. The Kier molecular flexibility index (Phi) is 6.72. The summed E-state index contributed by atoms with van der Waals surface area (Å²) in [5.74, 6) is -0.377. The van der Waals surface area contributed by atoms with Crippen molar-refractivity contribution in [3.05, 3.63) is 71.0 Å². The first-order valence-corrected chi connectivity index (χ1v) is 11.6. The molecule has 5 nitrogen and oxygen atoms in total. The first kappa shape index (κ1) is 22.2. The fourth-order valence-corrected chi connectivity index (χ4v) is 4.71. The summed E-state index contributed by atoms with van der Waals surface area (Å²) in [6.45, 7) is 4.78. The fraction of sp³-hybridized carbons (Fsp3) is 0.208. The number of rotatable bonds is 7. The molecule has 0 unspecified atom stereocenters. The summed E-state index contributed by atoms with van der Waals surface area (Å²) in [6, 6.07) is 14.4. The van der Waals surface area contributed by atoms with E-state index in [4.69, 9.17) is 22.1 Å². The Hall–Kier alpha value is -2.97. The van der Waals surface area contributed by atoms with E-state index in [2.05, 4.69) is 0 Å². The summed E-state index contributed by atoms with van der Waals surface area (Å²) in [5, 5.41) is 4.71. The van der Waals surface area contributed by atoms with E-state index in [9.17, 15) is 9.18 Å². The number of carbonyl (C=O) groups is 1. The quantitative estimate of drug-likeness (QED) is 0.330. The number of benzene rings is 2. The van der Waals surface area contributed by atoms with E-state index in [0.717, 1.165) is 12.1 Å². The molecular formula is C24H22FN3O2S2. The second-order valence-electron chi connectivity index (χ2n) is 7.12. The zero-order chi connectivity index (χ0) is 22.7. The number of para-hydroxylation sites is 1. The standard InChI is InChI=1S/C24H22FN3O2S2/c1-3-12-27-23(29)21(32-24(27)31)14-17-15-28(18-8-6-5-7-9-18)26-22(17)16-10-11-20(30-4-2)19(25)13-16/h5-11,13-15H,3-4,12H2,1-2H3. The molecule has 1 aliphatic rings. The van der Waals surface area contributed by atoms with Gasteiger partial charge in [0.2, 0.25) is 0 Å². The highest BCUT2D eigenvalue weighted by molar-refractivity contribution is 8.26. The second-order valence-corrected chi connectivity index (χ2v) is 8.80. The van der Waals surface area contributed by atoms with Crippen LogP contribution in [-0.2, 0) is 4.79 Å². The van der Waals surface area contributed by atoms with Gasteiger partial charge in [-0.3, -0.25) is 9.69 Å². The summed E-state index contributed by atoms with van der Waals surface area (Å²) >= 11 is 6.66. The number of halogens is 1. The molecule has 0 spiro atoms. The van der Waals surface area contributed by atoms with Crippen LogP contribution in [-0.4, -0.2) is 38.1 Å². The van der Waals surface area contributed by atoms with Gasteiger partial charge in [0.05, 0.1) is 17.2 Å². The second kappa shape index (κ2) is 9.67. The highest BCUT2D eigenvalue weighted by Crippen LogP contribution is 2.35. The zero-order valence-corrected chi connectivity index (χ0v) is 19.4. The van der Waals surface area contributed by atoms with Crippen molar-refractivity contribution in [2.24, 2.45) is 0 Å². The molecule has 0 atom stereocenters. The number of nitrogens with zero attached hydrogens (tertiary/aromatic N) is 3. The lowest BCUT2D eigenvalue weighted by molar-refractivity contribution is -0.122. The Morgan fingerprint density at radius 3 is 2.66 bits per heavy atom. The molecule has 8 heteroatoms. The van der Waals surface area contributed by atoms with Crippen molar-refractivity contribution in [3.63, 3.8) is 0 Å². The minimum atomic E-state index is -0.459. The highest BCUT2D eigenvalue weighted by Gasteiger charge is 2.31. The van der Waals surface area contributed by atoms with Crippen LogP contribution in [0.4, 0.5) is 4.39 Å². The topological polar surface area (TPSA) is 47.4 Å². The van der Waals surface area contributed by atoms with E-state index in [1.54, 1.807) is 27.8 Å². The van der Waals surface area contributed by atoms with Gasteiger partial charge in [-0.05, 0) is 49.8 Å². The Morgan fingerprint density at radius 2 is 1.97 bits per heavy atom. The SMILES string of the molecule is CCCN1C(=O)C(=Cc2cn(-c3ccccc3)nc2-c2ccc(OCC)c(F)c2)SC1=S. The molecule has 32 heavy (non-hydrogen) atoms. The molecule has 1 amide bonds. The van der Waals surface area contributed by atoms with E-state index in [1.807, 2.05) is 50.4 Å². The molecule has 1 fully saturated rings. The van der Waals surface area contributed by atoms with Crippen LogP contribution in [0, 0.1) is 5.82 Å². The van der Waals surface area contributed by atoms with Gasteiger partial charge in [0.1, 0.15) is 10.0 Å². The van der Waals surface area contributed by atoms with Crippen LogP contribution in [0.3, 0.4) is 0 Å². The number of aromatic nitrogens is 2. The Bertz CT molecular complexity index is 1190. The van der Waals surface area contributed by atoms with Gasteiger partial charge in [-0.25, -0.2) is 9.07 Å². The van der Waals surface area contributed by atoms with Crippen molar-refractivity contribution in [2.75, 3.05) is 13.2 Å². The largest absolute Gasteiger partial charge is 0.491 e. The lowest BCUT2D eigenvalue weighted by Gasteiger charge is -2.11. The Morgan fingerprint density at radius 1 is 1.19 bits per heavy atom. The molecular weight excluding hydrogens is 445 g/mol. The molecule has 4 rings (SSSR count). The molecule has 3 aromatic rings. The summed E-state index contributed by atoms with van der Waals surface area (Å²) < 4.78 is 22.2. The average Bonchev–Trinajstić information content (AvgIpc) is 3.33. The number of amides is 1. The van der Waals surface area contributed by atoms with E-state index in [-0.39, 0.29) is 11.7 Å². The third kappa shape index (κ3) is 4.47. The van der Waals surface area contributed by atoms with E-state index >= 15 is 0 Å². The minimum Gasteiger partial charge on any atom is -0.491 e. The summed E-state index contributed by atoms with van der Waals surface area (Å²) in [5.41, 5.74) is 2.72. The van der Waals surface area contributed by atoms with Crippen LogP contribution in [0.2, 0.25) is 0 Å². The van der Waals surface area contributed by atoms with Gasteiger partial charge in [-0.2, -0.15) is 5.10 Å². The maximum Gasteiger partial charge on any atom is 0.266 e. The van der Waals surface area contributed by atoms with Crippen molar-refractivity contribution >= 4 is 40.3 Å². The summed E-state index contributed by atoms with van der Waals surface area (Å²) in [4.78, 5) is 15.0. The molecule has 0 saturated carbocycles. The van der Waals surface area contributed by atoms with Crippen molar-refractivity contribution in [3.8, 4) is 22.7 Å². The van der Waals surface area contributed by atoms with Crippen LogP contribution >= 0.6 is 24.0 Å². The summed E-state index contributed by atoms with van der Waals surface area (Å²) in [6.07, 6.45) is 4.44. The minimum absolute atomic E-state index is 0.113. The Labute approximate surface area is 195 Å². The smallest absolute Gasteiger partial charge is 0.266 e. The van der Waals surface area contributed by atoms with Gasteiger partial charge < -0.3 is 4.74 Å². The van der Waals surface area contributed by atoms with Gasteiger partial charge in [-0.1, -0.05) is 49.1 Å². The monoisotopic (exact) mass is 467 g/mol. The number of carbonyl (C=O) groups excluding carboxylic acids is 1. The molecule has 164 valence electrons. The number of thiocarbonyl (C=S) groups is 1. The van der Waals surface area contributed by atoms with Crippen LogP contribution in [0.25, 0.3) is 23.0 Å². The first-order valence-electron chi connectivity index (χ1n) is 10.3. The predicted molar refractivity (Wildman–Crippen MR) is 130 cm³/mol. The predicted octanol–water partition coefficient (Wildman–Crippen LogP) is 5.69. The van der Waals surface area contributed by atoms with Crippen molar-refractivity contribution in [1.82, 2.24) is 14.7 Å². The molecule has 1 aromatic heterocycles. The maximum absolute atomic E-state index is 14.6. The van der Waals surface area contributed by atoms with Crippen LogP contribution in [0.15, 0.2) is 59.6 Å². The van der Waals surface area contributed by atoms with E-state index in [1.165, 1.54) is 17.8 Å². The van der Waals surface area contributed by atoms with Crippen LogP contribution < -0.4 is 4.74 Å². The fourth-order valence-electron chi connectivity index (χ4n) is 3.41. The van der Waals surface area contributed by atoms with Gasteiger partial charge in [0.25, 0.3) is 5.91 Å². The molecule has 1 saturated heterocycles. The number of ether oxygens (including phenoxy) is 1. The molecule has 0 bridgehead atoms. The van der Waals surface area contributed by atoms with Gasteiger partial charge >= 0.3 is 0 Å². The normalized spacial score (nSPS) is 15.1. The third-order valence-corrected chi connectivity index (χ3v) is 6.25. The Balaban J connectivity index is 1.80. The molecule has 2 aromatic carbocycles. The van der Waals surface area contributed by atoms with Gasteiger partial charge in [-0.15, -0.1) is 0 Å². The van der Waals surface area contributed by atoms with Crippen molar-refractivity contribution in [2.45, 2.75) is 20.3 Å². The molecule has 0 N–H and O–H groups in total. The number of hydrogen-bond acceptors (Lipinski definition) is 5. The molecule has 0 radical (unpaired) electrons. The first-order chi connectivity index (χ1) is 15.5. The highest BCUT2D eigenvalue weighted by atomic mass is 32.2. The lowest BCUT2D eigenvalue weighted by Crippen LogP contribution is -2.28. The van der Waals surface area contributed by atoms with Gasteiger partial charge in [0.15, 0.2) is 11.6 Å². The number of hydrogen-bond donors (Lipinski definition) is 0. The van der Waals surface area contributed by atoms with Crippen molar-refractivity contribution in [1.29, 1.82) is 0 Å². The van der Waals surface area contributed by atoms with E-state index in [0.29, 0.717) is 39.2 Å². The third-order valence-electron chi connectivity index (χ3n) is 4.88. The van der Waals surface area contributed by atoms with Gasteiger partial charge in [0, 0.05) is 23.9 Å². The number of thioether (sulfide) groups is 1. The van der Waals surface area contributed by atoms with Crippen molar-refractivity contribution < 1.29 is 13.9 Å².